The van der Waals surface area contributed by atoms with Crippen LogP contribution in [-0.2, 0) is 0 Å². The smallest absolute Gasteiger partial charge is 0.0953 e. The van der Waals surface area contributed by atoms with Crippen molar-refractivity contribution in [2.75, 3.05) is 6.54 Å². The van der Waals surface area contributed by atoms with Crippen molar-refractivity contribution < 1.29 is 4.42 Å². The van der Waals surface area contributed by atoms with E-state index in [-0.39, 0.29) is 6.04 Å². The Kier molecular flexibility index (Phi) is 4.11. The Morgan fingerprint density at radius 3 is 2.21 bits per heavy atom. The van der Waals surface area contributed by atoms with Crippen molar-refractivity contribution in [3.8, 4) is 0 Å². The summed E-state index contributed by atoms with van der Waals surface area (Å²) in [5.41, 5.74) is 8.03. The fourth-order valence-electron chi connectivity index (χ4n) is 2.71. The summed E-state index contributed by atoms with van der Waals surface area (Å²) in [6, 6.07) is 4.53. The lowest BCUT2D eigenvalue weighted by Gasteiger charge is -2.24. The maximum Gasteiger partial charge on any atom is 0.0953 e. The molecule has 0 spiro atoms. The van der Waals surface area contributed by atoms with E-state index in [1.807, 2.05) is 12.3 Å². The van der Waals surface area contributed by atoms with Crippen LogP contribution in [0.3, 0.4) is 0 Å². The predicted octanol–water partition coefficient (Wildman–Crippen LogP) is 4.21. The van der Waals surface area contributed by atoms with Gasteiger partial charge in [-0.2, -0.15) is 0 Å². The molecule has 0 saturated heterocycles. The summed E-state index contributed by atoms with van der Waals surface area (Å²) in [7, 11) is 0. The van der Waals surface area contributed by atoms with Gasteiger partial charge in [-0.05, 0) is 68.1 Å². The molecule has 2 heteroatoms. The van der Waals surface area contributed by atoms with E-state index in [9.17, 15) is 0 Å². The van der Waals surface area contributed by atoms with Crippen LogP contribution in [0, 0.1) is 27.7 Å². The number of aryl methyl sites for hydroxylation is 2. The van der Waals surface area contributed by atoms with Crippen molar-refractivity contribution in [3.63, 3.8) is 0 Å². The molecule has 0 saturated carbocycles. The fraction of sp³-hybridized carbons (Fsp3) is 0.412. The molecule has 1 aromatic heterocycles. The van der Waals surface area contributed by atoms with E-state index in [0.717, 1.165) is 6.54 Å². The first-order valence-corrected chi connectivity index (χ1v) is 6.89. The highest BCUT2D eigenvalue weighted by molar-refractivity contribution is 5.48. The van der Waals surface area contributed by atoms with E-state index < -0.39 is 0 Å². The van der Waals surface area contributed by atoms with Crippen LogP contribution >= 0.6 is 0 Å². The van der Waals surface area contributed by atoms with E-state index in [1.54, 1.807) is 6.26 Å². The fourth-order valence-corrected chi connectivity index (χ4v) is 2.71. The Bertz CT molecular complexity index is 529. The van der Waals surface area contributed by atoms with Gasteiger partial charge < -0.3 is 9.73 Å². The maximum atomic E-state index is 5.26. The summed E-state index contributed by atoms with van der Waals surface area (Å²) in [5.74, 6) is 0. The van der Waals surface area contributed by atoms with Crippen molar-refractivity contribution in [2.24, 2.45) is 0 Å². The van der Waals surface area contributed by atoms with Gasteiger partial charge in [0.1, 0.15) is 0 Å². The molecule has 1 unspecified atom stereocenters. The number of hydrogen-bond donors (Lipinski definition) is 1. The summed E-state index contributed by atoms with van der Waals surface area (Å²) in [5, 5.41) is 3.58. The van der Waals surface area contributed by atoms with Crippen molar-refractivity contribution in [1.29, 1.82) is 0 Å². The summed E-state index contributed by atoms with van der Waals surface area (Å²) in [6.45, 7) is 11.9. The zero-order chi connectivity index (χ0) is 14.0. The van der Waals surface area contributed by atoms with Crippen molar-refractivity contribution >= 4 is 0 Å². The Balaban J connectivity index is 2.60. The average Bonchev–Trinajstić information content (AvgIpc) is 2.89. The second-order valence-electron chi connectivity index (χ2n) is 5.22. The van der Waals surface area contributed by atoms with Gasteiger partial charge in [-0.15, -0.1) is 0 Å². The molecule has 102 valence electrons. The van der Waals surface area contributed by atoms with E-state index in [1.165, 1.54) is 33.4 Å². The minimum atomic E-state index is 0.211. The van der Waals surface area contributed by atoms with Crippen LogP contribution in [0.1, 0.15) is 46.3 Å². The lowest BCUT2D eigenvalue weighted by molar-refractivity contribution is 0.552. The van der Waals surface area contributed by atoms with Crippen LogP contribution in [0.25, 0.3) is 0 Å². The molecule has 1 aromatic carbocycles. The van der Waals surface area contributed by atoms with Crippen LogP contribution in [0.4, 0.5) is 0 Å². The molecule has 1 N–H and O–H groups in total. The molecule has 0 aliphatic heterocycles. The maximum absolute atomic E-state index is 5.26. The minimum Gasteiger partial charge on any atom is -0.472 e. The second kappa shape index (κ2) is 5.62. The third-order valence-corrected chi connectivity index (χ3v) is 4.00. The first-order chi connectivity index (χ1) is 9.06. The van der Waals surface area contributed by atoms with Gasteiger partial charge in [-0.1, -0.05) is 13.0 Å². The number of hydrogen-bond acceptors (Lipinski definition) is 2. The van der Waals surface area contributed by atoms with Crippen LogP contribution < -0.4 is 5.32 Å². The number of furan rings is 1. The van der Waals surface area contributed by atoms with Gasteiger partial charge in [0.15, 0.2) is 0 Å². The number of rotatable bonds is 4. The predicted molar refractivity (Wildman–Crippen MR) is 79.6 cm³/mol. The van der Waals surface area contributed by atoms with Crippen LogP contribution in [-0.4, -0.2) is 6.54 Å². The van der Waals surface area contributed by atoms with Gasteiger partial charge in [0.2, 0.25) is 0 Å². The zero-order valence-electron chi connectivity index (χ0n) is 12.5. The summed E-state index contributed by atoms with van der Waals surface area (Å²) in [6.07, 6.45) is 3.58. The quantitative estimate of drug-likeness (QED) is 0.887. The third-order valence-electron chi connectivity index (χ3n) is 4.00. The Morgan fingerprint density at radius 1 is 1.11 bits per heavy atom. The monoisotopic (exact) mass is 257 g/mol. The zero-order valence-corrected chi connectivity index (χ0v) is 12.5. The Morgan fingerprint density at radius 2 is 1.74 bits per heavy atom. The molecule has 2 aromatic rings. The highest BCUT2D eigenvalue weighted by atomic mass is 16.3. The SMILES string of the molecule is CCNC(c1ccoc1)c1c(C)c(C)cc(C)c1C. The standard InChI is InChI=1S/C17H23NO/c1-6-18-17(15-7-8-19-10-15)16-13(4)11(2)9-12(3)14(16)5/h7-10,17-18H,6H2,1-5H3. The molecule has 2 rings (SSSR count). The number of nitrogens with one attached hydrogen (secondary N) is 1. The summed E-state index contributed by atoms with van der Waals surface area (Å²) < 4.78 is 5.26. The van der Waals surface area contributed by atoms with E-state index >= 15 is 0 Å². The highest BCUT2D eigenvalue weighted by Gasteiger charge is 2.20. The average molecular weight is 257 g/mol. The van der Waals surface area contributed by atoms with Gasteiger partial charge >= 0.3 is 0 Å². The summed E-state index contributed by atoms with van der Waals surface area (Å²) in [4.78, 5) is 0. The molecule has 0 amide bonds. The van der Waals surface area contributed by atoms with E-state index in [0.29, 0.717) is 0 Å². The van der Waals surface area contributed by atoms with Gasteiger partial charge in [0.05, 0.1) is 18.6 Å². The third kappa shape index (κ3) is 2.59. The van der Waals surface area contributed by atoms with Crippen molar-refractivity contribution in [2.45, 2.75) is 40.7 Å². The Hall–Kier alpha value is -1.54. The van der Waals surface area contributed by atoms with Crippen LogP contribution in [0.5, 0.6) is 0 Å². The molecular formula is C17H23NO. The van der Waals surface area contributed by atoms with E-state index in [2.05, 4.69) is 46.0 Å². The van der Waals surface area contributed by atoms with Crippen molar-refractivity contribution in [1.82, 2.24) is 5.32 Å². The van der Waals surface area contributed by atoms with E-state index in [4.69, 9.17) is 4.42 Å². The normalized spacial score (nSPS) is 12.7. The van der Waals surface area contributed by atoms with Gasteiger partial charge in [-0.3, -0.25) is 0 Å². The first-order valence-electron chi connectivity index (χ1n) is 6.89. The topological polar surface area (TPSA) is 25.2 Å². The van der Waals surface area contributed by atoms with Crippen LogP contribution in [0.15, 0.2) is 29.1 Å². The Labute approximate surface area is 115 Å². The lowest BCUT2D eigenvalue weighted by atomic mass is 9.87. The molecule has 0 fully saturated rings. The minimum absolute atomic E-state index is 0.211. The highest BCUT2D eigenvalue weighted by Crippen LogP contribution is 2.31. The van der Waals surface area contributed by atoms with Gasteiger partial charge in [-0.25, -0.2) is 0 Å². The molecule has 1 heterocycles. The summed E-state index contributed by atoms with van der Waals surface area (Å²) >= 11 is 0. The molecule has 0 aliphatic carbocycles. The second-order valence-corrected chi connectivity index (χ2v) is 5.22. The molecule has 0 radical (unpaired) electrons. The lowest BCUT2D eigenvalue weighted by Crippen LogP contribution is -2.24. The molecule has 2 nitrogen and oxygen atoms in total. The molecule has 0 aliphatic rings. The molecular weight excluding hydrogens is 234 g/mol. The molecule has 0 bridgehead atoms. The molecule has 19 heavy (non-hydrogen) atoms. The number of benzene rings is 1. The first kappa shape index (κ1) is 13.9. The van der Waals surface area contributed by atoms with Gasteiger partial charge in [0.25, 0.3) is 0 Å². The van der Waals surface area contributed by atoms with Crippen molar-refractivity contribution in [3.05, 3.63) is 58.0 Å². The largest absolute Gasteiger partial charge is 0.472 e. The molecule has 1 atom stereocenters. The van der Waals surface area contributed by atoms with Gasteiger partial charge in [0, 0.05) is 5.56 Å². The van der Waals surface area contributed by atoms with Crippen LogP contribution in [0.2, 0.25) is 0 Å².